The Balaban J connectivity index is 2.02. The van der Waals surface area contributed by atoms with Crippen molar-refractivity contribution in [2.45, 2.75) is 18.2 Å². The predicted molar refractivity (Wildman–Crippen MR) is 103 cm³/mol. The summed E-state index contributed by atoms with van der Waals surface area (Å²) in [6.45, 7) is 4.51. The Hall–Kier alpha value is -1.97. The van der Waals surface area contributed by atoms with E-state index in [0.29, 0.717) is 44.7 Å². The minimum atomic E-state index is -3.66. The molecule has 0 aliphatic carbocycles. The maximum Gasteiger partial charge on any atom is 0.254 e. The molecule has 1 N–H and O–H groups in total. The standard InChI is InChI=1S/C18H28N4O4S/c1-15(23)21-10-12-22(13-11-21)18(24)16-6-4-7-17(14-16)27(25,26)19-8-5-9-20(2)3/h4,6-7,14,19H,5,8-13H2,1-3H3. The zero-order valence-corrected chi connectivity index (χ0v) is 17.0. The van der Waals surface area contributed by atoms with Gasteiger partial charge in [0, 0.05) is 45.2 Å². The van der Waals surface area contributed by atoms with Crippen LogP contribution in [0.15, 0.2) is 29.2 Å². The van der Waals surface area contributed by atoms with Crippen molar-refractivity contribution < 1.29 is 18.0 Å². The van der Waals surface area contributed by atoms with E-state index in [1.165, 1.54) is 19.1 Å². The molecule has 0 aromatic heterocycles. The van der Waals surface area contributed by atoms with E-state index in [2.05, 4.69) is 4.72 Å². The van der Waals surface area contributed by atoms with E-state index in [-0.39, 0.29) is 16.7 Å². The summed E-state index contributed by atoms with van der Waals surface area (Å²) in [5.74, 6) is -0.224. The minimum Gasteiger partial charge on any atom is -0.339 e. The highest BCUT2D eigenvalue weighted by Crippen LogP contribution is 2.15. The molecule has 1 fully saturated rings. The van der Waals surface area contributed by atoms with Gasteiger partial charge in [-0.25, -0.2) is 13.1 Å². The fourth-order valence-corrected chi connectivity index (χ4v) is 4.01. The number of benzene rings is 1. The summed E-state index contributed by atoms with van der Waals surface area (Å²) in [4.78, 5) is 29.5. The Labute approximate surface area is 161 Å². The van der Waals surface area contributed by atoms with Crippen LogP contribution in [-0.2, 0) is 14.8 Å². The third-order valence-corrected chi connectivity index (χ3v) is 5.94. The summed E-state index contributed by atoms with van der Waals surface area (Å²) in [6.07, 6.45) is 0.700. The lowest BCUT2D eigenvalue weighted by Crippen LogP contribution is -2.50. The Kier molecular flexibility index (Phi) is 7.34. The second kappa shape index (κ2) is 9.29. The van der Waals surface area contributed by atoms with Gasteiger partial charge in [0.15, 0.2) is 0 Å². The summed E-state index contributed by atoms with van der Waals surface area (Å²) in [5.41, 5.74) is 0.336. The van der Waals surface area contributed by atoms with Gasteiger partial charge in [-0.1, -0.05) is 6.07 Å². The zero-order chi connectivity index (χ0) is 20.0. The smallest absolute Gasteiger partial charge is 0.254 e. The van der Waals surface area contributed by atoms with Crippen molar-refractivity contribution in [3.63, 3.8) is 0 Å². The highest BCUT2D eigenvalue weighted by atomic mass is 32.2. The number of piperazine rings is 1. The summed E-state index contributed by atoms with van der Waals surface area (Å²) in [5, 5.41) is 0. The molecular formula is C18H28N4O4S. The quantitative estimate of drug-likeness (QED) is 0.666. The minimum absolute atomic E-state index is 0.00414. The molecule has 0 spiro atoms. The molecule has 0 unspecified atom stereocenters. The zero-order valence-electron chi connectivity index (χ0n) is 16.1. The number of nitrogens with one attached hydrogen (secondary N) is 1. The van der Waals surface area contributed by atoms with Crippen molar-refractivity contribution in [2.24, 2.45) is 0 Å². The van der Waals surface area contributed by atoms with Gasteiger partial charge >= 0.3 is 0 Å². The average molecular weight is 397 g/mol. The van der Waals surface area contributed by atoms with E-state index in [4.69, 9.17) is 0 Å². The highest BCUT2D eigenvalue weighted by molar-refractivity contribution is 7.89. The van der Waals surface area contributed by atoms with E-state index < -0.39 is 10.0 Å². The maximum atomic E-state index is 12.7. The van der Waals surface area contributed by atoms with Gasteiger partial charge in [-0.2, -0.15) is 0 Å². The molecular weight excluding hydrogens is 368 g/mol. The average Bonchev–Trinajstić information content (AvgIpc) is 2.64. The molecule has 1 aromatic carbocycles. The van der Waals surface area contributed by atoms with Crippen LogP contribution in [0.1, 0.15) is 23.7 Å². The van der Waals surface area contributed by atoms with Gasteiger partial charge in [0.1, 0.15) is 0 Å². The van der Waals surface area contributed by atoms with E-state index >= 15 is 0 Å². The molecule has 1 heterocycles. The number of nitrogens with zero attached hydrogens (tertiary/aromatic N) is 3. The number of carbonyl (C=O) groups is 2. The first kappa shape index (κ1) is 21.3. The predicted octanol–water partition coefficient (Wildman–Crippen LogP) is 0.221. The first-order valence-electron chi connectivity index (χ1n) is 9.00. The lowest BCUT2D eigenvalue weighted by Gasteiger charge is -2.34. The molecule has 150 valence electrons. The van der Waals surface area contributed by atoms with Crippen LogP contribution in [0.2, 0.25) is 0 Å². The van der Waals surface area contributed by atoms with Gasteiger partial charge in [0.25, 0.3) is 5.91 Å². The summed E-state index contributed by atoms with van der Waals surface area (Å²) >= 11 is 0. The SMILES string of the molecule is CC(=O)N1CCN(C(=O)c2cccc(S(=O)(=O)NCCCN(C)C)c2)CC1. The Bertz CT molecular complexity index is 771. The summed E-state index contributed by atoms with van der Waals surface area (Å²) in [6, 6.07) is 6.09. The second-order valence-corrected chi connectivity index (χ2v) is 8.65. The van der Waals surface area contributed by atoms with Crippen LogP contribution in [-0.4, -0.2) is 88.3 Å². The third kappa shape index (κ3) is 6.02. The van der Waals surface area contributed by atoms with E-state index in [1.807, 2.05) is 19.0 Å². The topological polar surface area (TPSA) is 90.0 Å². The van der Waals surface area contributed by atoms with Gasteiger partial charge < -0.3 is 14.7 Å². The third-order valence-electron chi connectivity index (χ3n) is 4.48. The molecule has 0 atom stereocenters. The first-order chi connectivity index (χ1) is 12.7. The molecule has 27 heavy (non-hydrogen) atoms. The van der Waals surface area contributed by atoms with Crippen LogP contribution in [0, 0.1) is 0 Å². The fourth-order valence-electron chi connectivity index (χ4n) is 2.89. The second-order valence-electron chi connectivity index (χ2n) is 6.88. The molecule has 0 saturated carbocycles. The normalized spacial score (nSPS) is 15.3. The van der Waals surface area contributed by atoms with Crippen molar-refractivity contribution >= 4 is 21.8 Å². The number of carbonyl (C=O) groups excluding carboxylic acids is 2. The van der Waals surface area contributed by atoms with Crippen molar-refractivity contribution in [3.8, 4) is 0 Å². The van der Waals surface area contributed by atoms with Gasteiger partial charge in [-0.15, -0.1) is 0 Å². The first-order valence-corrected chi connectivity index (χ1v) is 10.5. The number of sulfonamides is 1. The van der Waals surface area contributed by atoms with Crippen molar-refractivity contribution in [2.75, 3.05) is 53.4 Å². The lowest BCUT2D eigenvalue weighted by atomic mass is 10.2. The maximum absolute atomic E-state index is 12.7. The van der Waals surface area contributed by atoms with Crippen LogP contribution in [0.4, 0.5) is 0 Å². The number of rotatable bonds is 7. The van der Waals surface area contributed by atoms with E-state index in [1.54, 1.807) is 21.9 Å². The molecule has 2 rings (SSSR count). The van der Waals surface area contributed by atoms with Crippen LogP contribution in [0.3, 0.4) is 0 Å². The van der Waals surface area contributed by atoms with Crippen molar-refractivity contribution in [1.29, 1.82) is 0 Å². The van der Waals surface area contributed by atoms with E-state index in [0.717, 1.165) is 6.54 Å². The van der Waals surface area contributed by atoms with Gasteiger partial charge in [-0.3, -0.25) is 9.59 Å². The summed E-state index contributed by atoms with van der Waals surface area (Å²) < 4.78 is 27.5. The molecule has 0 radical (unpaired) electrons. The van der Waals surface area contributed by atoms with Crippen LogP contribution >= 0.6 is 0 Å². The molecule has 2 amide bonds. The van der Waals surface area contributed by atoms with Gasteiger partial charge in [0.2, 0.25) is 15.9 Å². The molecule has 9 heteroatoms. The number of hydrogen-bond acceptors (Lipinski definition) is 5. The lowest BCUT2D eigenvalue weighted by molar-refractivity contribution is -0.130. The molecule has 8 nitrogen and oxygen atoms in total. The van der Waals surface area contributed by atoms with Crippen molar-refractivity contribution in [1.82, 2.24) is 19.4 Å². The molecule has 0 bridgehead atoms. The van der Waals surface area contributed by atoms with Crippen LogP contribution in [0.5, 0.6) is 0 Å². The van der Waals surface area contributed by atoms with Crippen LogP contribution in [0.25, 0.3) is 0 Å². The Morgan fingerprint density at radius 1 is 1.11 bits per heavy atom. The molecule has 1 saturated heterocycles. The number of hydrogen-bond donors (Lipinski definition) is 1. The largest absolute Gasteiger partial charge is 0.339 e. The Morgan fingerprint density at radius 2 is 1.74 bits per heavy atom. The highest BCUT2D eigenvalue weighted by Gasteiger charge is 2.24. The van der Waals surface area contributed by atoms with Crippen LogP contribution < -0.4 is 4.72 Å². The fraction of sp³-hybridized carbons (Fsp3) is 0.556. The monoisotopic (exact) mass is 396 g/mol. The molecule has 1 aromatic rings. The van der Waals surface area contributed by atoms with Gasteiger partial charge in [0.05, 0.1) is 4.90 Å². The Morgan fingerprint density at radius 3 is 2.33 bits per heavy atom. The van der Waals surface area contributed by atoms with Crippen molar-refractivity contribution in [3.05, 3.63) is 29.8 Å². The summed E-state index contributed by atoms with van der Waals surface area (Å²) in [7, 11) is 0.204. The molecule has 1 aliphatic rings. The van der Waals surface area contributed by atoms with E-state index in [9.17, 15) is 18.0 Å². The van der Waals surface area contributed by atoms with Gasteiger partial charge in [-0.05, 0) is 45.3 Å². The molecule has 1 aliphatic heterocycles. The number of amides is 2.